The quantitative estimate of drug-likeness (QED) is 0.325. The van der Waals surface area contributed by atoms with E-state index in [0.717, 1.165) is 26.2 Å². The molecule has 70 valence electrons. The molecule has 0 aliphatic carbocycles. The van der Waals surface area contributed by atoms with Crippen molar-refractivity contribution in [3.8, 4) is 0 Å². The number of nitrogens with two attached hydrogens (primary N) is 1. The van der Waals surface area contributed by atoms with E-state index in [4.69, 9.17) is 22.8 Å². The molecule has 0 aromatic heterocycles. The first-order valence-corrected chi connectivity index (χ1v) is 4.56. The molecule has 4 nitrogen and oxygen atoms in total. The summed E-state index contributed by atoms with van der Waals surface area (Å²) in [4.78, 5) is 0. The average molecular weight is 189 g/mol. The lowest BCUT2D eigenvalue weighted by molar-refractivity contribution is 0.184. The Hall–Kier alpha value is -0.390. The van der Waals surface area contributed by atoms with Crippen LogP contribution < -0.4 is 16.6 Å². The highest BCUT2D eigenvalue weighted by Crippen LogP contribution is 2.14. The molecule has 4 N–H and O–H groups in total. The molecule has 1 aliphatic heterocycles. The summed E-state index contributed by atoms with van der Waals surface area (Å²) >= 11 is 4.82. The lowest BCUT2D eigenvalue weighted by Gasteiger charge is -2.09. The molecular weight excluding hydrogens is 174 g/mol. The molecule has 1 unspecified atom stereocenters. The summed E-state index contributed by atoms with van der Waals surface area (Å²) < 4.78 is 5.24. The highest BCUT2D eigenvalue weighted by atomic mass is 32.1. The molecule has 0 spiro atoms. The summed E-state index contributed by atoms with van der Waals surface area (Å²) in [5, 5.41) is 3.51. The highest BCUT2D eigenvalue weighted by Gasteiger charge is 2.14. The van der Waals surface area contributed by atoms with E-state index in [-0.39, 0.29) is 0 Å². The Morgan fingerprint density at radius 3 is 3.08 bits per heavy atom. The molecular formula is C7H15N3OS. The Morgan fingerprint density at radius 1 is 1.67 bits per heavy atom. The summed E-state index contributed by atoms with van der Waals surface area (Å²) in [6.07, 6.45) is 2.27. The van der Waals surface area contributed by atoms with Crippen LogP contribution in [0.25, 0.3) is 0 Å². The summed E-state index contributed by atoms with van der Waals surface area (Å²) in [5.41, 5.74) is 2.38. The van der Waals surface area contributed by atoms with E-state index in [9.17, 15) is 0 Å². The van der Waals surface area contributed by atoms with Gasteiger partial charge in [-0.1, -0.05) is 0 Å². The molecule has 5 heteroatoms. The van der Waals surface area contributed by atoms with Crippen LogP contribution in [0.15, 0.2) is 0 Å². The van der Waals surface area contributed by atoms with E-state index in [1.165, 1.54) is 6.42 Å². The maximum atomic E-state index is 5.24. The number of nitrogens with one attached hydrogen (secondary N) is 2. The predicted molar refractivity (Wildman–Crippen MR) is 51.5 cm³/mol. The molecule has 0 amide bonds. The van der Waals surface area contributed by atoms with Crippen molar-refractivity contribution in [2.45, 2.75) is 12.8 Å². The maximum absolute atomic E-state index is 5.24. The number of ether oxygens (including phenoxy) is 1. The minimum absolute atomic E-state index is 0.508. The molecule has 0 bridgehead atoms. The minimum Gasteiger partial charge on any atom is -0.381 e. The first-order valence-electron chi connectivity index (χ1n) is 4.15. The van der Waals surface area contributed by atoms with Crippen LogP contribution in [-0.4, -0.2) is 24.9 Å². The van der Waals surface area contributed by atoms with Crippen LogP contribution in [0.2, 0.25) is 0 Å². The van der Waals surface area contributed by atoms with Gasteiger partial charge in [-0.15, -0.1) is 0 Å². The summed E-state index contributed by atoms with van der Waals surface area (Å²) in [6, 6.07) is 0. The Bertz CT molecular complexity index is 148. The van der Waals surface area contributed by atoms with Crippen molar-refractivity contribution < 1.29 is 4.74 Å². The normalized spacial score (nSPS) is 22.2. The Labute approximate surface area is 77.8 Å². The van der Waals surface area contributed by atoms with E-state index in [1.807, 2.05) is 0 Å². The highest BCUT2D eigenvalue weighted by molar-refractivity contribution is 7.80. The third kappa shape index (κ3) is 3.34. The first kappa shape index (κ1) is 9.70. The third-order valence-corrected chi connectivity index (χ3v) is 2.26. The van der Waals surface area contributed by atoms with Crippen molar-refractivity contribution in [1.29, 1.82) is 0 Å². The number of hydrogen-bond donors (Lipinski definition) is 3. The zero-order chi connectivity index (χ0) is 8.81. The van der Waals surface area contributed by atoms with Crippen molar-refractivity contribution in [3.05, 3.63) is 0 Å². The largest absolute Gasteiger partial charge is 0.381 e. The van der Waals surface area contributed by atoms with Gasteiger partial charge in [-0.05, 0) is 31.0 Å². The van der Waals surface area contributed by atoms with Gasteiger partial charge in [0.15, 0.2) is 5.11 Å². The molecule has 0 saturated carbocycles. The van der Waals surface area contributed by atoms with Crippen LogP contribution in [-0.2, 0) is 4.74 Å². The molecule has 1 aliphatic rings. The van der Waals surface area contributed by atoms with Gasteiger partial charge < -0.3 is 15.5 Å². The van der Waals surface area contributed by atoms with Crippen LogP contribution in [0.3, 0.4) is 0 Å². The van der Waals surface area contributed by atoms with Crippen molar-refractivity contribution in [1.82, 2.24) is 10.7 Å². The molecule has 1 rings (SSSR count). The molecule has 12 heavy (non-hydrogen) atoms. The standard InChI is InChI=1S/C7H15N3OS/c8-10-7(12)9-3-1-6-2-4-11-5-6/h6H,1-5,8H2,(H2,9,10,12). The van der Waals surface area contributed by atoms with Crippen LogP contribution in [0.5, 0.6) is 0 Å². The van der Waals surface area contributed by atoms with Gasteiger partial charge in [0.05, 0.1) is 0 Å². The summed E-state index contributed by atoms with van der Waals surface area (Å²) in [7, 11) is 0. The van der Waals surface area contributed by atoms with Crippen molar-refractivity contribution in [3.63, 3.8) is 0 Å². The molecule has 0 aromatic carbocycles. The van der Waals surface area contributed by atoms with Gasteiger partial charge in [0.25, 0.3) is 0 Å². The van der Waals surface area contributed by atoms with Gasteiger partial charge in [0.2, 0.25) is 0 Å². The first-order chi connectivity index (χ1) is 5.83. The monoisotopic (exact) mass is 189 g/mol. The van der Waals surface area contributed by atoms with Gasteiger partial charge in [0, 0.05) is 19.8 Å². The van der Waals surface area contributed by atoms with Crippen LogP contribution in [0.1, 0.15) is 12.8 Å². The topological polar surface area (TPSA) is 59.3 Å². The minimum atomic E-state index is 0.508. The van der Waals surface area contributed by atoms with E-state index in [0.29, 0.717) is 11.0 Å². The molecule has 1 atom stereocenters. The molecule has 1 fully saturated rings. The van der Waals surface area contributed by atoms with Gasteiger partial charge >= 0.3 is 0 Å². The number of hydrogen-bond acceptors (Lipinski definition) is 3. The predicted octanol–water partition coefficient (Wildman–Crippen LogP) is -0.249. The maximum Gasteiger partial charge on any atom is 0.180 e. The Kier molecular flexibility index (Phi) is 4.27. The Balaban J connectivity index is 1.97. The van der Waals surface area contributed by atoms with E-state index in [1.54, 1.807) is 0 Å². The van der Waals surface area contributed by atoms with E-state index < -0.39 is 0 Å². The van der Waals surface area contributed by atoms with Crippen molar-refractivity contribution in [2.75, 3.05) is 19.8 Å². The molecule has 0 aromatic rings. The fourth-order valence-corrected chi connectivity index (χ4v) is 1.35. The second kappa shape index (κ2) is 5.29. The Morgan fingerprint density at radius 2 is 2.50 bits per heavy atom. The van der Waals surface area contributed by atoms with Gasteiger partial charge in [0.1, 0.15) is 0 Å². The fraction of sp³-hybridized carbons (Fsp3) is 0.857. The van der Waals surface area contributed by atoms with Gasteiger partial charge in [-0.2, -0.15) is 0 Å². The lowest BCUT2D eigenvalue weighted by atomic mass is 10.1. The van der Waals surface area contributed by atoms with Crippen molar-refractivity contribution >= 4 is 17.3 Å². The zero-order valence-electron chi connectivity index (χ0n) is 7.01. The van der Waals surface area contributed by atoms with E-state index >= 15 is 0 Å². The van der Waals surface area contributed by atoms with Gasteiger partial charge in [-0.3, -0.25) is 0 Å². The summed E-state index contributed by atoms with van der Waals surface area (Å²) in [6.45, 7) is 2.67. The van der Waals surface area contributed by atoms with E-state index in [2.05, 4.69) is 10.7 Å². The molecule has 1 heterocycles. The number of hydrazine groups is 1. The van der Waals surface area contributed by atoms with Gasteiger partial charge in [-0.25, -0.2) is 5.84 Å². The third-order valence-electron chi connectivity index (χ3n) is 1.99. The lowest BCUT2D eigenvalue weighted by Crippen LogP contribution is -2.40. The smallest absolute Gasteiger partial charge is 0.180 e. The van der Waals surface area contributed by atoms with Crippen LogP contribution in [0, 0.1) is 5.92 Å². The second-order valence-electron chi connectivity index (χ2n) is 2.92. The number of rotatable bonds is 3. The molecule has 0 radical (unpaired) electrons. The zero-order valence-corrected chi connectivity index (χ0v) is 7.82. The number of thiocarbonyl (C=S) groups is 1. The second-order valence-corrected chi connectivity index (χ2v) is 3.33. The van der Waals surface area contributed by atoms with Crippen molar-refractivity contribution in [2.24, 2.45) is 11.8 Å². The SMILES string of the molecule is NNC(=S)NCCC1CCOC1. The van der Waals surface area contributed by atoms with Crippen LogP contribution >= 0.6 is 12.2 Å². The fourth-order valence-electron chi connectivity index (χ4n) is 1.25. The molecule has 1 saturated heterocycles. The van der Waals surface area contributed by atoms with Crippen LogP contribution in [0.4, 0.5) is 0 Å². The average Bonchev–Trinajstić information content (AvgIpc) is 2.57. The summed E-state index contributed by atoms with van der Waals surface area (Å²) in [5.74, 6) is 5.78.